The van der Waals surface area contributed by atoms with Gasteiger partial charge >= 0.3 is 0 Å². The first-order valence-corrected chi connectivity index (χ1v) is 9.46. The second kappa shape index (κ2) is 8.20. The summed E-state index contributed by atoms with van der Waals surface area (Å²) >= 11 is 0. The summed E-state index contributed by atoms with van der Waals surface area (Å²) in [6.45, 7) is 3.74. The van der Waals surface area contributed by atoms with Crippen molar-refractivity contribution in [2.45, 2.75) is 26.4 Å². The maximum absolute atomic E-state index is 13.0. The van der Waals surface area contributed by atoms with Crippen LogP contribution in [0.3, 0.4) is 0 Å². The number of fused-ring (bicyclic) bond motifs is 1. The van der Waals surface area contributed by atoms with Crippen LogP contribution in [-0.4, -0.2) is 28.0 Å². The molecule has 0 aliphatic rings. The molecule has 8 nitrogen and oxygen atoms in total. The molecule has 0 radical (unpaired) electrons. The number of aromatic nitrogens is 2. The van der Waals surface area contributed by atoms with Crippen molar-refractivity contribution in [2.75, 3.05) is 0 Å². The summed E-state index contributed by atoms with van der Waals surface area (Å²) < 4.78 is 10.6. The molecule has 3 heterocycles. The Balaban J connectivity index is 1.53. The number of benzene rings is 1. The SMILES string of the molecule is Cc1noc2nc(-c3ccco3)cc(C(=O)NC(C)C(=O)NCc3ccccc3)c12. The molecule has 0 fully saturated rings. The van der Waals surface area contributed by atoms with Gasteiger partial charge in [-0.15, -0.1) is 0 Å². The molecule has 0 saturated carbocycles. The number of amides is 2. The standard InChI is InChI=1S/C22H20N4O4/c1-13-19-16(11-17(18-9-6-10-29-18)25-22(19)30-26-13)21(28)24-14(2)20(27)23-12-15-7-4-3-5-8-15/h3-11,14H,12H2,1-2H3,(H,23,27)(H,24,28). The zero-order valence-corrected chi connectivity index (χ0v) is 16.5. The number of pyridine rings is 1. The van der Waals surface area contributed by atoms with Crippen molar-refractivity contribution < 1.29 is 18.5 Å². The van der Waals surface area contributed by atoms with Gasteiger partial charge in [-0.25, -0.2) is 4.98 Å². The molecule has 8 heteroatoms. The van der Waals surface area contributed by atoms with Crippen molar-refractivity contribution in [3.63, 3.8) is 0 Å². The van der Waals surface area contributed by atoms with E-state index in [-0.39, 0.29) is 11.6 Å². The van der Waals surface area contributed by atoms with Crippen LogP contribution in [0.5, 0.6) is 0 Å². The summed E-state index contributed by atoms with van der Waals surface area (Å²) in [5.74, 6) is -0.219. The molecule has 1 aromatic carbocycles. The van der Waals surface area contributed by atoms with Crippen molar-refractivity contribution >= 4 is 22.9 Å². The minimum absolute atomic E-state index is 0.229. The smallest absolute Gasteiger partial charge is 0.259 e. The van der Waals surface area contributed by atoms with Crippen LogP contribution in [0.25, 0.3) is 22.6 Å². The lowest BCUT2D eigenvalue weighted by molar-refractivity contribution is -0.122. The third-order valence-electron chi connectivity index (χ3n) is 4.69. The van der Waals surface area contributed by atoms with Gasteiger partial charge in [0.25, 0.3) is 11.6 Å². The molecule has 0 aliphatic heterocycles. The highest BCUT2D eigenvalue weighted by molar-refractivity contribution is 6.08. The van der Waals surface area contributed by atoms with Crippen LogP contribution in [0.2, 0.25) is 0 Å². The number of hydrogen-bond acceptors (Lipinski definition) is 6. The van der Waals surface area contributed by atoms with Crippen molar-refractivity contribution in [3.8, 4) is 11.5 Å². The lowest BCUT2D eigenvalue weighted by Gasteiger charge is -2.15. The Morgan fingerprint density at radius 2 is 1.93 bits per heavy atom. The first-order valence-electron chi connectivity index (χ1n) is 9.46. The van der Waals surface area contributed by atoms with E-state index in [1.807, 2.05) is 30.3 Å². The number of rotatable bonds is 6. The summed E-state index contributed by atoms with van der Waals surface area (Å²) in [7, 11) is 0. The Morgan fingerprint density at radius 1 is 1.13 bits per heavy atom. The van der Waals surface area contributed by atoms with Gasteiger partial charge in [0.1, 0.15) is 11.7 Å². The Bertz CT molecular complexity index is 1180. The highest BCUT2D eigenvalue weighted by atomic mass is 16.5. The number of hydrogen-bond donors (Lipinski definition) is 2. The predicted molar refractivity (Wildman–Crippen MR) is 109 cm³/mol. The zero-order chi connectivity index (χ0) is 21.1. The second-order valence-electron chi connectivity index (χ2n) is 6.88. The highest BCUT2D eigenvalue weighted by Crippen LogP contribution is 2.27. The Morgan fingerprint density at radius 3 is 2.67 bits per heavy atom. The summed E-state index contributed by atoms with van der Waals surface area (Å²) in [6.07, 6.45) is 1.52. The molecule has 0 spiro atoms. The van der Waals surface area contributed by atoms with E-state index in [0.29, 0.717) is 34.6 Å². The summed E-state index contributed by atoms with van der Waals surface area (Å²) in [4.78, 5) is 29.8. The molecule has 0 aliphatic carbocycles. The number of nitrogens with one attached hydrogen (secondary N) is 2. The van der Waals surface area contributed by atoms with Gasteiger partial charge in [-0.2, -0.15) is 0 Å². The minimum Gasteiger partial charge on any atom is -0.463 e. The van der Waals surface area contributed by atoms with Crippen LogP contribution in [0.1, 0.15) is 28.5 Å². The zero-order valence-electron chi connectivity index (χ0n) is 16.5. The lowest BCUT2D eigenvalue weighted by atomic mass is 10.1. The second-order valence-corrected chi connectivity index (χ2v) is 6.88. The Kier molecular flexibility index (Phi) is 5.30. The number of carbonyl (C=O) groups is 2. The minimum atomic E-state index is -0.739. The molecule has 152 valence electrons. The van der Waals surface area contributed by atoms with Crippen molar-refractivity contribution in [1.82, 2.24) is 20.8 Å². The summed E-state index contributed by atoms with van der Waals surface area (Å²) in [5.41, 5.74) is 2.49. The van der Waals surface area contributed by atoms with Gasteiger partial charge in [-0.05, 0) is 37.6 Å². The van der Waals surface area contributed by atoms with Gasteiger partial charge in [-0.1, -0.05) is 35.5 Å². The van der Waals surface area contributed by atoms with E-state index < -0.39 is 11.9 Å². The molecular weight excluding hydrogens is 384 g/mol. The van der Waals surface area contributed by atoms with E-state index in [1.54, 1.807) is 32.0 Å². The monoisotopic (exact) mass is 404 g/mol. The third-order valence-corrected chi connectivity index (χ3v) is 4.69. The predicted octanol–water partition coefficient (Wildman–Crippen LogP) is 3.23. The molecule has 1 atom stereocenters. The van der Waals surface area contributed by atoms with E-state index in [4.69, 9.17) is 8.94 Å². The summed E-state index contributed by atoms with van der Waals surface area (Å²) in [6, 6.07) is 13.9. The molecule has 4 rings (SSSR count). The number of aryl methyl sites for hydroxylation is 1. The average Bonchev–Trinajstić information content (AvgIpc) is 3.42. The quantitative estimate of drug-likeness (QED) is 0.511. The van der Waals surface area contributed by atoms with Gasteiger partial charge in [0.15, 0.2) is 5.76 Å². The first-order chi connectivity index (χ1) is 14.5. The van der Waals surface area contributed by atoms with E-state index >= 15 is 0 Å². The van der Waals surface area contributed by atoms with E-state index in [9.17, 15) is 9.59 Å². The topological polar surface area (TPSA) is 110 Å². The van der Waals surface area contributed by atoms with Gasteiger partial charge in [0.2, 0.25) is 5.91 Å². The molecule has 2 amide bonds. The normalized spacial score (nSPS) is 11.9. The first kappa shape index (κ1) is 19.4. The molecule has 0 saturated heterocycles. The van der Waals surface area contributed by atoms with Gasteiger partial charge in [-0.3, -0.25) is 9.59 Å². The molecule has 3 aromatic heterocycles. The summed E-state index contributed by atoms with van der Waals surface area (Å²) in [5, 5.41) is 9.97. The molecule has 2 N–H and O–H groups in total. The van der Waals surface area contributed by atoms with Crippen LogP contribution in [0.4, 0.5) is 0 Å². The largest absolute Gasteiger partial charge is 0.463 e. The van der Waals surface area contributed by atoms with Crippen LogP contribution < -0.4 is 10.6 Å². The Hall–Kier alpha value is -3.94. The Labute approximate surface area is 172 Å². The molecule has 1 unspecified atom stereocenters. The van der Waals surface area contributed by atoms with Crippen LogP contribution in [0, 0.1) is 6.92 Å². The van der Waals surface area contributed by atoms with E-state index in [1.165, 1.54) is 6.26 Å². The fourth-order valence-electron chi connectivity index (χ4n) is 3.10. The number of nitrogens with zero attached hydrogens (tertiary/aromatic N) is 2. The third kappa shape index (κ3) is 3.93. The molecule has 0 bridgehead atoms. The van der Waals surface area contributed by atoms with Crippen LogP contribution in [0.15, 0.2) is 63.7 Å². The fraction of sp³-hybridized carbons (Fsp3) is 0.182. The average molecular weight is 404 g/mol. The van der Waals surface area contributed by atoms with Crippen molar-refractivity contribution in [2.24, 2.45) is 0 Å². The highest BCUT2D eigenvalue weighted by Gasteiger charge is 2.23. The van der Waals surface area contributed by atoms with Crippen molar-refractivity contribution in [3.05, 3.63) is 71.6 Å². The molecule has 4 aromatic rings. The van der Waals surface area contributed by atoms with Gasteiger partial charge < -0.3 is 19.6 Å². The van der Waals surface area contributed by atoms with Gasteiger partial charge in [0, 0.05) is 6.54 Å². The van der Waals surface area contributed by atoms with Gasteiger partial charge in [0.05, 0.1) is 22.9 Å². The van der Waals surface area contributed by atoms with Crippen LogP contribution >= 0.6 is 0 Å². The molecule has 30 heavy (non-hydrogen) atoms. The molecular formula is C22H20N4O4. The number of furan rings is 1. The lowest BCUT2D eigenvalue weighted by Crippen LogP contribution is -2.44. The maximum Gasteiger partial charge on any atom is 0.259 e. The number of carbonyl (C=O) groups excluding carboxylic acids is 2. The maximum atomic E-state index is 13.0. The van der Waals surface area contributed by atoms with Crippen molar-refractivity contribution in [1.29, 1.82) is 0 Å². The van der Waals surface area contributed by atoms with E-state index in [2.05, 4.69) is 20.8 Å². The fourth-order valence-corrected chi connectivity index (χ4v) is 3.10. The van der Waals surface area contributed by atoms with Crippen LogP contribution in [-0.2, 0) is 11.3 Å². The van der Waals surface area contributed by atoms with E-state index in [0.717, 1.165) is 5.56 Å².